The second-order valence-corrected chi connectivity index (χ2v) is 6.90. The van der Waals surface area contributed by atoms with Crippen LogP contribution < -0.4 is 0 Å². The molecule has 1 aromatic rings. The number of benzene rings is 1. The van der Waals surface area contributed by atoms with Crippen molar-refractivity contribution in [3.8, 4) is 5.75 Å². The van der Waals surface area contributed by atoms with Crippen molar-refractivity contribution in [2.24, 2.45) is 0 Å². The minimum Gasteiger partial charge on any atom is -0.508 e. The number of aromatic hydroxyl groups is 1. The number of hydrogen-bond donors (Lipinski definition) is 1. The zero-order valence-electron chi connectivity index (χ0n) is 15.6. The van der Waals surface area contributed by atoms with E-state index in [1.807, 2.05) is 19.1 Å². The molecule has 1 saturated heterocycles. The van der Waals surface area contributed by atoms with Gasteiger partial charge in [-0.25, -0.2) is 0 Å². The lowest BCUT2D eigenvalue weighted by atomic mass is 10.0. The molecule has 1 aliphatic rings. The van der Waals surface area contributed by atoms with E-state index in [1.165, 1.54) is 18.4 Å². The Balaban J connectivity index is 1.86. The van der Waals surface area contributed by atoms with E-state index in [1.54, 1.807) is 12.1 Å². The Hall–Kier alpha value is -1.59. The molecule has 1 N–H and O–H groups in total. The number of nitrogens with zero attached hydrogens (tertiary/aromatic N) is 2. The minimum atomic E-state index is -0.0932. The van der Waals surface area contributed by atoms with Gasteiger partial charge in [-0.05, 0) is 77.0 Å². The third kappa shape index (κ3) is 7.04. The maximum Gasteiger partial charge on any atom is 0.305 e. The summed E-state index contributed by atoms with van der Waals surface area (Å²) in [7, 11) is 2.18. The number of carbonyl (C=O) groups is 1. The van der Waals surface area contributed by atoms with Crippen LogP contribution in [0.15, 0.2) is 24.3 Å². The molecule has 0 radical (unpaired) electrons. The molecule has 1 heterocycles. The molecule has 0 aromatic heterocycles. The molecule has 0 amide bonds. The average molecular weight is 348 g/mol. The van der Waals surface area contributed by atoms with Gasteiger partial charge in [0.15, 0.2) is 0 Å². The Bertz CT molecular complexity index is 510. The molecule has 0 spiro atoms. The van der Waals surface area contributed by atoms with Crippen molar-refractivity contribution in [2.75, 3.05) is 39.8 Å². The van der Waals surface area contributed by atoms with Crippen molar-refractivity contribution >= 4 is 5.97 Å². The van der Waals surface area contributed by atoms with Gasteiger partial charge in [0.25, 0.3) is 0 Å². The molecular formula is C20H32N2O3. The first-order chi connectivity index (χ1) is 12.1. The zero-order valence-corrected chi connectivity index (χ0v) is 15.6. The third-order valence-electron chi connectivity index (χ3n) is 4.96. The molecule has 1 aliphatic heterocycles. The summed E-state index contributed by atoms with van der Waals surface area (Å²) in [5, 5.41) is 9.42. The van der Waals surface area contributed by atoms with E-state index < -0.39 is 0 Å². The summed E-state index contributed by atoms with van der Waals surface area (Å²) in [5.74, 6) is 0.217. The molecule has 0 saturated carbocycles. The molecule has 5 nitrogen and oxygen atoms in total. The van der Waals surface area contributed by atoms with Crippen molar-refractivity contribution in [3.63, 3.8) is 0 Å². The molecule has 0 unspecified atom stereocenters. The summed E-state index contributed by atoms with van der Waals surface area (Å²) in [6, 6.07) is 8.06. The average Bonchev–Trinajstić information content (AvgIpc) is 2.60. The Morgan fingerprint density at radius 1 is 1.24 bits per heavy atom. The van der Waals surface area contributed by atoms with Crippen LogP contribution in [0, 0.1) is 0 Å². The van der Waals surface area contributed by atoms with Crippen molar-refractivity contribution < 1.29 is 14.6 Å². The molecular weight excluding hydrogens is 316 g/mol. The molecule has 2 rings (SSSR count). The van der Waals surface area contributed by atoms with E-state index in [0.29, 0.717) is 24.8 Å². The highest BCUT2D eigenvalue weighted by atomic mass is 16.5. The maximum atomic E-state index is 11.6. The van der Waals surface area contributed by atoms with Crippen LogP contribution in [0.2, 0.25) is 0 Å². The van der Waals surface area contributed by atoms with E-state index in [0.717, 1.165) is 39.0 Å². The van der Waals surface area contributed by atoms with Gasteiger partial charge in [0.2, 0.25) is 0 Å². The van der Waals surface area contributed by atoms with Gasteiger partial charge in [-0.3, -0.25) is 9.69 Å². The van der Waals surface area contributed by atoms with Gasteiger partial charge in [0, 0.05) is 19.0 Å². The Kier molecular flexibility index (Phi) is 8.22. The van der Waals surface area contributed by atoms with E-state index in [4.69, 9.17) is 4.74 Å². The van der Waals surface area contributed by atoms with Gasteiger partial charge in [-0.15, -0.1) is 0 Å². The zero-order chi connectivity index (χ0) is 18.1. The fourth-order valence-electron chi connectivity index (χ4n) is 3.43. The Labute approximate surface area is 151 Å². The molecule has 5 heteroatoms. The number of rotatable bonds is 9. The fraction of sp³-hybridized carbons (Fsp3) is 0.650. The van der Waals surface area contributed by atoms with Crippen LogP contribution in [-0.2, 0) is 16.0 Å². The molecule has 0 aliphatic carbocycles. The summed E-state index contributed by atoms with van der Waals surface area (Å²) >= 11 is 0. The molecule has 1 fully saturated rings. The summed E-state index contributed by atoms with van der Waals surface area (Å²) in [5.41, 5.74) is 1.24. The first-order valence-corrected chi connectivity index (χ1v) is 9.44. The second-order valence-electron chi connectivity index (χ2n) is 6.90. The van der Waals surface area contributed by atoms with E-state index in [9.17, 15) is 9.90 Å². The van der Waals surface area contributed by atoms with Gasteiger partial charge in [0.05, 0.1) is 6.61 Å². The highest BCUT2D eigenvalue weighted by Gasteiger charge is 2.23. The van der Waals surface area contributed by atoms with Crippen molar-refractivity contribution in [2.45, 2.75) is 45.1 Å². The predicted octanol–water partition coefficient (Wildman–Crippen LogP) is 2.67. The normalized spacial score (nSPS) is 16.3. The largest absolute Gasteiger partial charge is 0.508 e. The highest BCUT2D eigenvalue weighted by Crippen LogP contribution is 2.18. The monoisotopic (exact) mass is 348 g/mol. The van der Waals surface area contributed by atoms with Crippen LogP contribution in [0.1, 0.15) is 38.2 Å². The molecule has 0 atom stereocenters. The van der Waals surface area contributed by atoms with Crippen LogP contribution in [0.5, 0.6) is 5.75 Å². The topological polar surface area (TPSA) is 53.0 Å². The van der Waals surface area contributed by atoms with Crippen LogP contribution in [-0.4, -0.2) is 66.8 Å². The molecule has 140 valence electrons. The SMILES string of the molecule is CCOC(=O)CCCN(CCc1ccc(O)cc1)C1CCN(C)CC1. The van der Waals surface area contributed by atoms with Crippen LogP contribution in [0.3, 0.4) is 0 Å². The minimum absolute atomic E-state index is 0.0932. The summed E-state index contributed by atoms with van der Waals surface area (Å²) < 4.78 is 5.04. The Morgan fingerprint density at radius 2 is 1.92 bits per heavy atom. The number of piperidine rings is 1. The van der Waals surface area contributed by atoms with Crippen molar-refractivity contribution in [1.82, 2.24) is 9.80 Å². The molecule has 0 bridgehead atoms. The number of phenols is 1. The summed E-state index contributed by atoms with van der Waals surface area (Å²) in [4.78, 5) is 16.5. The van der Waals surface area contributed by atoms with Gasteiger partial charge < -0.3 is 14.7 Å². The smallest absolute Gasteiger partial charge is 0.305 e. The first-order valence-electron chi connectivity index (χ1n) is 9.44. The lowest BCUT2D eigenvalue weighted by Gasteiger charge is -2.37. The van der Waals surface area contributed by atoms with Crippen molar-refractivity contribution in [1.29, 1.82) is 0 Å². The lowest BCUT2D eigenvalue weighted by Crippen LogP contribution is -2.45. The number of ether oxygens (including phenoxy) is 1. The number of likely N-dealkylation sites (tertiary alicyclic amines) is 1. The highest BCUT2D eigenvalue weighted by molar-refractivity contribution is 5.69. The Morgan fingerprint density at radius 3 is 2.56 bits per heavy atom. The number of hydrogen-bond acceptors (Lipinski definition) is 5. The number of carbonyl (C=O) groups excluding carboxylic acids is 1. The molecule has 25 heavy (non-hydrogen) atoms. The van der Waals surface area contributed by atoms with Gasteiger partial charge >= 0.3 is 5.97 Å². The number of esters is 1. The van der Waals surface area contributed by atoms with Gasteiger partial charge in [-0.2, -0.15) is 0 Å². The van der Waals surface area contributed by atoms with E-state index in [2.05, 4.69) is 16.8 Å². The van der Waals surface area contributed by atoms with Crippen LogP contribution in [0.25, 0.3) is 0 Å². The van der Waals surface area contributed by atoms with E-state index in [-0.39, 0.29) is 5.97 Å². The van der Waals surface area contributed by atoms with E-state index >= 15 is 0 Å². The maximum absolute atomic E-state index is 11.6. The van der Waals surface area contributed by atoms with Crippen LogP contribution in [0.4, 0.5) is 0 Å². The predicted molar refractivity (Wildman–Crippen MR) is 99.8 cm³/mol. The summed E-state index contributed by atoms with van der Waals surface area (Å²) in [6.07, 6.45) is 4.68. The first kappa shape index (κ1) is 19.7. The third-order valence-corrected chi connectivity index (χ3v) is 4.96. The standard InChI is InChI=1S/C20H32N2O3/c1-3-25-20(24)5-4-13-22(18-11-14-21(2)15-12-18)16-10-17-6-8-19(23)9-7-17/h6-9,18,23H,3-5,10-16H2,1-2H3. The second kappa shape index (κ2) is 10.4. The van der Waals surface area contributed by atoms with Gasteiger partial charge in [0.1, 0.15) is 5.75 Å². The lowest BCUT2D eigenvalue weighted by molar-refractivity contribution is -0.143. The van der Waals surface area contributed by atoms with Crippen molar-refractivity contribution in [3.05, 3.63) is 29.8 Å². The fourth-order valence-corrected chi connectivity index (χ4v) is 3.43. The number of phenolic OH excluding ortho intramolecular Hbond substituents is 1. The van der Waals surface area contributed by atoms with Crippen LogP contribution >= 0.6 is 0 Å². The molecule has 1 aromatic carbocycles. The quantitative estimate of drug-likeness (QED) is 0.696. The summed E-state index contributed by atoms with van der Waals surface area (Å²) in [6.45, 7) is 6.50. The van der Waals surface area contributed by atoms with Gasteiger partial charge in [-0.1, -0.05) is 12.1 Å².